The van der Waals surface area contributed by atoms with Crippen LogP contribution in [-0.2, 0) is 16.9 Å². The lowest BCUT2D eigenvalue weighted by atomic mass is 9.92. The Morgan fingerprint density at radius 3 is 2.50 bits per heavy atom. The minimum atomic E-state index is -1.09. The minimum Gasteiger partial charge on any atom is -0.361 e. The zero-order valence-corrected chi connectivity index (χ0v) is 15.1. The van der Waals surface area contributed by atoms with Crippen LogP contribution in [-0.4, -0.2) is 23.0 Å². The number of carbonyl (C=O) groups is 1. The van der Waals surface area contributed by atoms with E-state index in [1.165, 1.54) is 0 Å². The molecule has 1 aromatic heterocycles. The summed E-state index contributed by atoms with van der Waals surface area (Å²) in [6.45, 7) is 3.88. The molecule has 120 valence electrons. The van der Waals surface area contributed by atoms with Gasteiger partial charge in [0.1, 0.15) is 17.0 Å². The Morgan fingerprint density at radius 2 is 2.00 bits per heavy atom. The van der Waals surface area contributed by atoms with E-state index in [0.29, 0.717) is 18.0 Å². The molecule has 1 heterocycles. The van der Waals surface area contributed by atoms with Crippen molar-refractivity contribution in [2.24, 2.45) is 5.73 Å². The van der Waals surface area contributed by atoms with Gasteiger partial charge >= 0.3 is 0 Å². The Bertz CT molecular complexity index is 640. The van der Waals surface area contributed by atoms with E-state index in [4.69, 9.17) is 10.3 Å². The third kappa shape index (κ3) is 4.09. The quantitative estimate of drug-likeness (QED) is 0.874. The van der Waals surface area contributed by atoms with E-state index in [2.05, 4.69) is 21.1 Å². The van der Waals surface area contributed by atoms with Gasteiger partial charge < -0.3 is 15.2 Å². The predicted octanol–water partition coefficient (Wildman–Crippen LogP) is 3.00. The number of nitrogens with two attached hydrogens (primary N) is 1. The van der Waals surface area contributed by atoms with Gasteiger partial charge in [0.05, 0.1) is 6.54 Å². The van der Waals surface area contributed by atoms with E-state index in [9.17, 15) is 4.79 Å². The number of rotatable bonds is 4. The summed E-state index contributed by atoms with van der Waals surface area (Å²) < 4.78 is 5.95. The van der Waals surface area contributed by atoms with Crippen molar-refractivity contribution < 1.29 is 9.32 Å². The normalized spacial score (nSPS) is 13.1. The molecule has 0 bridgehead atoms. The lowest BCUT2D eigenvalue weighted by molar-refractivity contribution is -0.136. The number of nitrogens with zero attached hydrogens (tertiary/aromatic N) is 2. The number of benzene rings is 1. The zero-order chi connectivity index (χ0) is 15.6. The number of halogens is 2. The number of likely N-dealkylation sites (N-methyl/N-ethyl adjacent to an activating group) is 1. The average Bonchev–Trinajstić information content (AvgIpc) is 2.83. The van der Waals surface area contributed by atoms with Gasteiger partial charge in [0.2, 0.25) is 5.91 Å². The van der Waals surface area contributed by atoms with Gasteiger partial charge in [-0.2, -0.15) is 0 Å². The fourth-order valence-electron chi connectivity index (χ4n) is 2.12. The summed E-state index contributed by atoms with van der Waals surface area (Å²) in [5.41, 5.74) is 6.62. The zero-order valence-electron chi connectivity index (χ0n) is 12.7. The lowest BCUT2D eigenvalue weighted by Crippen LogP contribution is -2.49. The minimum absolute atomic E-state index is 0. The van der Waals surface area contributed by atoms with Crippen LogP contribution in [0, 0.1) is 6.92 Å². The Balaban J connectivity index is 0.00000242. The first-order chi connectivity index (χ1) is 9.80. The molecule has 1 aromatic carbocycles. The molecule has 0 radical (unpaired) electrons. The first-order valence-corrected chi connectivity index (χ1v) is 7.32. The smallest absolute Gasteiger partial charge is 0.247 e. The average molecular weight is 389 g/mol. The molecule has 5 nitrogen and oxygen atoms in total. The van der Waals surface area contributed by atoms with Gasteiger partial charge in [-0.3, -0.25) is 4.79 Å². The summed E-state index contributed by atoms with van der Waals surface area (Å²) in [6, 6.07) is 9.23. The molecule has 2 aromatic rings. The number of amides is 1. The molecule has 2 rings (SSSR count). The highest BCUT2D eigenvalue weighted by Gasteiger charge is 2.33. The van der Waals surface area contributed by atoms with Crippen LogP contribution in [0.3, 0.4) is 0 Å². The van der Waals surface area contributed by atoms with Gasteiger partial charge in [0.15, 0.2) is 0 Å². The third-order valence-corrected chi connectivity index (χ3v) is 3.84. The van der Waals surface area contributed by atoms with E-state index < -0.39 is 5.54 Å². The molecule has 0 fully saturated rings. The van der Waals surface area contributed by atoms with Crippen LogP contribution in [0.1, 0.15) is 23.9 Å². The van der Waals surface area contributed by atoms with E-state index in [1.807, 2.05) is 31.2 Å². The number of hydrogen-bond donors (Lipinski definition) is 1. The molecular formula is C15H19BrClN3O2. The Morgan fingerprint density at radius 1 is 1.41 bits per heavy atom. The molecule has 22 heavy (non-hydrogen) atoms. The molecule has 0 aliphatic rings. The van der Waals surface area contributed by atoms with Crippen LogP contribution in [0.25, 0.3) is 0 Å². The van der Waals surface area contributed by atoms with Crippen molar-refractivity contribution in [1.29, 1.82) is 0 Å². The molecule has 1 amide bonds. The van der Waals surface area contributed by atoms with Crippen molar-refractivity contribution in [2.45, 2.75) is 25.9 Å². The van der Waals surface area contributed by atoms with Crippen molar-refractivity contribution in [1.82, 2.24) is 10.1 Å². The predicted molar refractivity (Wildman–Crippen MR) is 90.6 cm³/mol. The summed E-state index contributed by atoms with van der Waals surface area (Å²) in [7, 11) is 1.70. The lowest BCUT2D eigenvalue weighted by Gasteiger charge is -2.29. The van der Waals surface area contributed by atoms with Crippen LogP contribution in [0.2, 0.25) is 0 Å². The van der Waals surface area contributed by atoms with Crippen LogP contribution in [0.15, 0.2) is 39.3 Å². The number of aromatic nitrogens is 1. The van der Waals surface area contributed by atoms with Crippen LogP contribution >= 0.6 is 28.3 Å². The van der Waals surface area contributed by atoms with E-state index in [-0.39, 0.29) is 18.3 Å². The molecule has 0 spiro atoms. The van der Waals surface area contributed by atoms with Gasteiger partial charge in [-0.25, -0.2) is 0 Å². The summed E-state index contributed by atoms with van der Waals surface area (Å²) in [5, 5.41) is 3.89. The van der Waals surface area contributed by atoms with Crippen LogP contribution in [0.4, 0.5) is 0 Å². The summed E-state index contributed by atoms with van der Waals surface area (Å²) in [5.74, 6) is 0.541. The van der Waals surface area contributed by atoms with Crippen molar-refractivity contribution in [3.05, 3.63) is 51.8 Å². The SMILES string of the molecule is Cc1cc(CN(C)C(=O)C(C)(N)c2ccc(Br)cc2)no1.Cl. The van der Waals surface area contributed by atoms with E-state index in [0.717, 1.165) is 10.0 Å². The summed E-state index contributed by atoms with van der Waals surface area (Å²) >= 11 is 3.37. The third-order valence-electron chi connectivity index (χ3n) is 3.31. The van der Waals surface area contributed by atoms with Crippen LogP contribution < -0.4 is 5.73 Å². The first-order valence-electron chi connectivity index (χ1n) is 6.53. The molecule has 0 saturated heterocycles. The largest absolute Gasteiger partial charge is 0.361 e. The number of aryl methyl sites for hydroxylation is 1. The molecule has 0 aliphatic heterocycles. The van der Waals surface area contributed by atoms with E-state index >= 15 is 0 Å². The molecule has 1 atom stereocenters. The molecule has 2 N–H and O–H groups in total. The van der Waals surface area contributed by atoms with Gasteiger partial charge in [-0.05, 0) is 31.5 Å². The summed E-state index contributed by atoms with van der Waals surface area (Å²) in [6.07, 6.45) is 0. The molecule has 0 aliphatic carbocycles. The maximum atomic E-state index is 12.6. The number of carbonyl (C=O) groups excluding carboxylic acids is 1. The van der Waals surface area contributed by atoms with Crippen LogP contribution in [0.5, 0.6) is 0 Å². The number of hydrogen-bond acceptors (Lipinski definition) is 4. The first kappa shape index (κ1) is 18.7. The Hall–Kier alpha value is -1.37. The highest BCUT2D eigenvalue weighted by molar-refractivity contribution is 9.10. The maximum absolute atomic E-state index is 12.6. The monoisotopic (exact) mass is 387 g/mol. The van der Waals surface area contributed by atoms with Gasteiger partial charge in [-0.15, -0.1) is 12.4 Å². The van der Waals surface area contributed by atoms with E-state index in [1.54, 1.807) is 24.9 Å². The Kier molecular flexibility index (Phi) is 6.17. The topological polar surface area (TPSA) is 72.4 Å². The van der Waals surface area contributed by atoms with Crippen molar-refractivity contribution in [3.8, 4) is 0 Å². The van der Waals surface area contributed by atoms with Gasteiger partial charge in [-0.1, -0.05) is 33.2 Å². The fourth-order valence-corrected chi connectivity index (χ4v) is 2.39. The molecular weight excluding hydrogens is 370 g/mol. The van der Waals surface area contributed by atoms with Crippen molar-refractivity contribution in [2.75, 3.05) is 7.05 Å². The standard InChI is InChI=1S/C15H18BrN3O2.ClH/c1-10-8-13(18-21-10)9-19(3)14(20)15(2,17)11-4-6-12(16)7-5-11;/h4-8H,9,17H2,1-3H3;1H. The Labute approximate surface area is 144 Å². The van der Waals surface area contributed by atoms with Crippen molar-refractivity contribution >= 4 is 34.2 Å². The second-order valence-electron chi connectivity index (χ2n) is 5.30. The highest BCUT2D eigenvalue weighted by Crippen LogP contribution is 2.23. The molecule has 1 unspecified atom stereocenters. The maximum Gasteiger partial charge on any atom is 0.247 e. The second kappa shape index (κ2) is 7.26. The highest BCUT2D eigenvalue weighted by atomic mass is 79.9. The van der Waals surface area contributed by atoms with Crippen molar-refractivity contribution in [3.63, 3.8) is 0 Å². The van der Waals surface area contributed by atoms with Gasteiger partial charge in [0, 0.05) is 17.6 Å². The van der Waals surface area contributed by atoms with Gasteiger partial charge in [0.25, 0.3) is 0 Å². The summed E-state index contributed by atoms with van der Waals surface area (Å²) in [4.78, 5) is 14.1. The fraction of sp³-hybridized carbons (Fsp3) is 0.333. The molecule has 0 saturated carbocycles. The molecule has 7 heteroatoms. The second-order valence-corrected chi connectivity index (χ2v) is 6.22.